The van der Waals surface area contributed by atoms with Crippen molar-refractivity contribution in [1.82, 2.24) is 19.8 Å². The first-order valence-electron chi connectivity index (χ1n) is 10.2. The second-order valence-corrected chi connectivity index (χ2v) is 9.75. The molecule has 0 radical (unpaired) electrons. The molecular formula is C20H24N4O5S. The molecule has 2 amide bonds. The molecule has 1 aromatic carbocycles. The summed E-state index contributed by atoms with van der Waals surface area (Å²) in [6.07, 6.45) is 4.44. The molecular weight excluding hydrogens is 408 g/mol. The number of benzene rings is 1. The van der Waals surface area contributed by atoms with Crippen LogP contribution < -0.4 is 14.8 Å². The second-order valence-electron chi connectivity index (χ2n) is 8.10. The lowest BCUT2D eigenvalue weighted by Gasteiger charge is -2.39. The Hall–Kier alpha value is -2.59. The Balaban J connectivity index is 1.38. The Morgan fingerprint density at radius 3 is 2.83 bits per heavy atom. The van der Waals surface area contributed by atoms with Crippen LogP contribution in [0.3, 0.4) is 0 Å². The largest absolute Gasteiger partial charge is 0.477 e. The lowest BCUT2D eigenvalue weighted by atomic mass is 9.74. The van der Waals surface area contributed by atoms with Crippen LogP contribution >= 0.6 is 0 Å². The molecule has 5 rings (SSSR count). The van der Waals surface area contributed by atoms with Crippen molar-refractivity contribution in [3.8, 4) is 5.88 Å². The summed E-state index contributed by atoms with van der Waals surface area (Å²) < 4.78 is 40.3. The van der Waals surface area contributed by atoms with E-state index in [0.717, 1.165) is 31.2 Å². The highest BCUT2D eigenvalue weighted by Gasteiger charge is 2.47. The van der Waals surface area contributed by atoms with E-state index in [1.54, 1.807) is 0 Å². The number of sulfonamides is 1. The minimum Gasteiger partial charge on any atom is -0.477 e. The summed E-state index contributed by atoms with van der Waals surface area (Å²) in [5, 5.41) is 7.00. The zero-order chi connectivity index (χ0) is 20.8. The van der Waals surface area contributed by atoms with Gasteiger partial charge in [-0.1, -0.05) is 24.3 Å². The zero-order valence-electron chi connectivity index (χ0n) is 16.5. The van der Waals surface area contributed by atoms with Crippen LogP contribution in [0.4, 0.5) is 4.79 Å². The minimum atomic E-state index is -4.11. The Bertz CT molecular complexity index is 1070. The third-order valence-corrected chi connectivity index (χ3v) is 7.63. The van der Waals surface area contributed by atoms with E-state index in [9.17, 15) is 13.2 Å². The van der Waals surface area contributed by atoms with Gasteiger partial charge >= 0.3 is 6.03 Å². The number of aryl methyl sites for hydroxylation is 1. The standard InChI is InChI=1S/C20H24N4O5S/c25-19(23-30(26,27)16-13-21-24-8-3-9-29-18(16)24)22-17-15-5-2-1-4-14(15)12-20(17)6-10-28-11-7-20/h1-2,4-5,13,17H,3,6-12H2,(H2,22,23,25). The third kappa shape index (κ3) is 3.24. The van der Waals surface area contributed by atoms with E-state index in [1.165, 1.54) is 16.4 Å². The predicted octanol–water partition coefficient (Wildman–Crippen LogP) is 1.75. The molecule has 0 bridgehead atoms. The van der Waals surface area contributed by atoms with Gasteiger partial charge in [-0.25, -0.2) is 22.6 Å². The van der Waals surface area contributed by atoms with Crippen molar-refractivity contribution in [3.63, 3.8) is 0 Å². The lowest BCUT2D eigenvalue weighted by Crippen LogP contribution is -2.47. The van der Waals surface area contributed by atoms with Crippen molar-refractivity contribution in [2.24, 2.45) is 5.41 Å². The van der Waals surface area contributed by atoms with Crippen molar-refractivity contribution < 1.29 is 22.7 Å². The van der Waals surface area contributed by atoms with Crippen LogP contribution in [0.25, 0.3) is 0 Å². The van der Waals surface area contributed by atoms with E-state index in [1.807, 2.05) is 18.2 Å². The number of amides is 2. The van der Waals surface area contributed by atoms with Gasteiger partial charge in [-0.2, -0.15) is 5.10 Å². The highest BCUT2D eigenvalue weighted by molar-refractivity contribution is 7.90. The summed E-state index contributed by atoms with van der Waals surface area (Å²) in [6, 6.07) is 6.97. The number of carbonyl (C=O) groups is 1. The maximum atomic E-state index is 12.8. The normalized spacial score (nSPS) is 22.1. The van der Waals surface area contributed by atoms with E-state index in [0.29, 0.717) is 26.4 Å². The number of hydrogen-bond acceptors (Lipinski definition) is 6. The maximum absolute atomic E-state index is 12.8. The molecule has 1 aliphatic carbocycles. The molecule has 0 saturated carbocycles. The molecule has 3 aliphatic rings. The van der Waals surface area contributed by atoms with Gasteiger partial charge < -0.3 is 14.8 Å². The van der Waals surface area contributed by atoms with Crippen molar-refractivity contribution in [2.75, 3.05) is 19.8 Å². The van der Waals surface area contributed by atoms with Gasteiger partial charge in [0.15, 0.2) is 4.90 Å². The monoisotopic (exact) mass is 432 g/mol. The number of urea groups is 1. The van der Waals surface area contributed by atoms with Crippen LogP contribution in [0.5, 0.6) is 5.88 Å². The van der Waals surface area contributed by atoms with Gasteiger partial charge in [-0.05, 0) is 30.4 Å². The summed E-state index contributed by atoms with van der Waals surface area (Å²) in [4.78, 5) is 12.7. The van der Waals surface area contributed by atoms with Gasteiger partial charge in [0, 0.05) is 31.6 Å². The molecule has 1 atom stereocenters. The van der Waals surface area contributed by atoms with Crippen LogP contribution in [0.2, 0.25) is 0 Å². The molecule has 2 N–H and O–H groups in total. The first kappa shape index (κ1) is 19.4. The zero-order valence-corrected chi connectivity index (χ0v) is 17.3. The Morgan fingerprint density at radius 2 is 2.00 bits per heavy atom. The van der Waals surface area contributed by atoms with E-state index in [-0.39, 0.29) is 22.2 Å². The summed E-state index contributed by atoms with van der Waals surface area (Å²) in [5.41, 5.74) is 2.06. The summed E-state index contributed by atoms with van der Waals surface area (Å²) in [5.74, 6) is 0.175. The molecule has 3 heterocycles. The van der Waals surface area contributed by atoms with E-state index in [2.05, 4.69) is 21.2 Å². The minimum absolute atomic E-state index is 0.120. The lowest BCUT2D eigenvalue weighted by molar-refractivity contribution is 0.00226. The Morgan fingerprint density at radius 1 is 1.20 bits per heavy atom. The van der Waals surface area contributed by atoms with Gasteiger partial charge in [0.05, 0.1) is 18.8 Å². The number of nitrogens with one attached hydrogen (secondary N) is 2. The topological polar surface area (TPSA) is 112 Å². The van der Waals surface area contributed by atoms with Gasteiger partial charge in [0.2, 0.25) is 5.88 Å². The smallest absolute Gasteiger partial charge is 0.329 e. The molecule has 9 nitrogen and oxygen atoms in total. The van der Waals surface area contributed by atoms with Gasteiger partial charge in [0.25, 0.3) is 10.0 Å². The van der Waals surface area contributed by atoms with Crippen molar-refractivity contribution in [3.05, 3.63) is 41.6 Å². The molecule has 1 saturated heterocycles. The number of hydrogen-bond donors (Lipinski definition) is 2. The first-order valence-corrected chi connectivity index (χ1v) is 11.6. The maximum Gasteiger partial charge on any atom is 0.329 e. The molecule has 10 heteroatoms. The van der Waals surface area contributed by atoms with Crippen LogP contribution in [-0.2, 0) is 27.7 Å². The highest BCUT2D eigenvalue weighted by atomic mass is 32.2. The number of nitrogens with zero attached hydrogens (tertiary/aromatic N) is 2. The average Bonchev–Trinajstić information content (AvgIpc) is 3.29. The first-order chi connectivity index (χ1) is 14.5. The van der Waals surface area contributed by atoms with Gasteiger partial charge in [-0.3, -0.25) is 0 Å². The van der Waals surface area contributed by atoms with E-state index < -0.39 is 16.1 Å². The van der Waals surface area contributed by atoms with Gasteiger partial charge in [0.1, 0.15) is 0 Å². The molecule has 2 aliphatic heterocycles. The molecule has 2 aromatic rings. The van der Waals surface area contributed by atoms with Crippen LogP contribution in [0, 0.1) is 5.41 Å². The number of carbonyl (C=O) groups excluding carboxylic acids is 1. The SMILES string of the molecule is O=C(NC1c2ccccc2CC12CCOCC2)NS(=O)(=O)c1cnn2c1OCCC2. The molecule has 1 unspecified atom stereocenters. The second kappa shape index (κ2) is 7.28. The quantitative estimate of drug-likeness (QED) is 0.764. The van der Waals surface area contributed by atoms with Crippen LogP contribution in [0.1, 0.15) is 36.4 Å². The van der Waals surface area contributed by atoms with Crippen LogP contribution in [0.15, 0.2) is 35.4 Å². The summed E-state index contributed by atoms with van der Waals surface area (Å²) in [7, 11) is -4.11. The van der Waals surface area contributed by atoms with Crippen LogP contribution in [-0.4, -0.2) is 44.1 Å². The predicted molar refractivity (Wildman–Crippen MR) is 107 cm³/mol. The Labute approximate surface area is 174 Å². The number of aromatic nitrogens is 2. The molecule has 1 aromatic heterocycles. The third-order valence-electron chi connectivity index (χ3n) is 6.31. The van der Waals surface area contributed by atoms with Crippen molar-refractivity contribution in [1.29, 1.82) is 0 Å². The van der Waals surface area contributed by atoms with Crippen molar-refractivity contribution >= 4 is 16.1 Å². The molecule has 30 heavy (non-hydrogen) atoms. The fourth-order valence-electron chi connectivity index (χ4n) is 4.83. The summed E-state index contributed by atoms with van der Waals surface area (Å²) in [6.45, 7) is 2.27. The summed E-state index contributed by atoms with van der Waals surface area (Å²) >= 11 is 0. The van der Waals surface area contributed by atoms with Crippen molar-refractivity contribution in [2.45, 2.75) is 43.2 Å². The molecule has 1 fully saturated rings. The number of rotatable bonds is 3. The average molecular weight is 433 g/mol. The van der Waals surface area contributed by atoms with E-state index >= 15 is 0 Å². The highest BCUT2D eigenvalue weighted by Crippen LogP contribution is 2.51. The number of ether oxygens (including phenoxy) is 2. The van der Waals surface area contributed by atoms with Gasteiger partial charge in [-0.15, -0.1) is 0 Å². The molecule has 1 spiro atoms. The fraction of sp³-hybridized carbons (Fsp3) is 0.500. The Kier molecular flexibility index (Phi) is 4.70. The number of fused-ring (bicyclic) bond motifs is 2. The molecule has 160 valence electrons. The van der Waals surface area contributed by atoms with E-state index in [4.69, 9.17) is 9.47 Å². The fourth-order valence-corrected chi connectivity index (χ4v) is 5.82.